The molecule has 1 aromatic carbocycles. The van der Waals surface area contributed by atoms with Crippen LogP contribution in [0.2, 0.25) is 0 Å². The Labute approximate surface area is 106 Å². The summed E-state index contributed by atoms with van der Waals surface area (Å²) in [4.78, 5) is 15.2. The Kier molecular flexibility index (Phi) is 3.36. The molecule has 1 heterocycles. The quantitative estimate of drug-likeness (QED) is 0.709. The van der Waals surface area contributed by atoms with Gasteiger partial charge in [0.25, 0.3) is 5.91 Å². The molecule has 0 saturated heterocycles. The zero-order valence-electron chi connectivity index (χ0n) is 10.8. The lowest BCUT2D eigenvalue weighted by atomic mass is 10.0. The van der Waals surface area contributed by atoms with Crippen molar-refractivity contribution in [2.45, 2.75) is 13.0 Å². The number of hydrogen-bond acceptors (Lipinski definition) is 3. The second-order valence-corrected chi connectivity index (χ2v) is 4.56. The number of aromatic amines is 1. The molecule has 0 bridgehead atoms. The van der Waals surface area contributed by atoms with Crippen molar-refractivity contribution in [3.63, 3.8) is 0 Å². The molecule has 1 unspecified atom stereocenters. The van der Waals surface area contributed by atoms with Crippen LogP contribution in [0.15, 0.2) is 24.3 Å². The minimum absolute atomic E-state index is 0.215. The van der Waals surface area contributed by atoms with E-state index in [2.05, 4.69) is 10.4 Å². The first-order chi connectivity index (χ1) is 8.50. The fourth-order valence-electron chi connectivity index (χ4n) is 2.12. The van der Waals surface area contributed by atoms with Crippen LogP contribution in [0.25, 0.3) is 10.9 Å². The number of para-hydroxylation sites is 1. The summed E-state index contributed by atoms with van der Waals surface area (Å²) in [6.45, 7) is 1.93. The lowest BCUT2D eigenvalue weighted by molar-refractivity contribution is -0.126. The Morgan fingerprint density at radius 1 is 1.39 bits per heavy atom. The second kappa shape index (κ2) is 4.80. The Morgan fingerprint density at radius 2 is 2.06 bits per heavy atom. The Bertz CT molecular complexity index is 573. The van der Waals surface area contributed by atoms with Gasteiger partial charge in [0.05, 0.1) is 0 Å². The highest BCUT2D eigenvalue weighted by Crippen LogP contribution is 2.26. The number of benzene rings is 1. The lowest BCUT2D eigenvalue weighted by Gasteiger charge is -2.17. The predicted octanol–water partition coefficient (Wildman–Crippen LogP) is 1.07. The van der Waals surface area contributed by atoms with Crippen LogP contribution in [-0.2, 0) is 4.79 Å². The number of aromatic nitrogens is 1. The molecule has 0 aliphatic carbocycles. The molecule has 0 spiro atoms. The highest BCUT2D eigenvalue weighted by atomic mass is 16.2. The van der Waals surface area contributed by atoms with Crippen molar-refractivity contribution in [1.29, 1.82) is 0 Å². The van der Waals surface area contributed by atoms with E-state index in [9.17, 15) is 4.79 Å². The molecule has 0 aliphatic rings. The molecule has 0 saturated carbocycles. The standard InChI is InChI=1S/C13H18N4O/c1-8-11(12(14)13(18)16-17(2)3)9-6-4-5-7-10(9)15-8/h4-7,12,15H,14H2,1-3H3,(H,16,18). The molecular weight excluding hydrogens is 228 g/mol. The maximum atomic E-state index is 12.0. The van der Waals surface area contributed by atoms with Gasteiger partial charge in [0, 0.05) is 36.3 Å². The fourth-order valence-corrected chi connectivity index (χ4v) is 2.12. The summed E-state index contributed by atoms with van der Waals surface area (Å²) in [6.07, 6.45) is 0. The second-order valence-electron chi connectivity index (χ2n) is 4.56. The van der Waals surface area contributed by atoms with Crippen molar-refractivity contribution < 1.29 is 4.79 Å². The van der Waals surface area contributed by atoms with E-state index in [4.69, 9.17) is 5.73 Å². The molecule has 2 aromatic rings. The van der Waals surface area contributed by atoms with Crippen LogP contribution in [0.4, 0.5) is 0 Å². The molecule has 0 radical (unpaired) electrons. The first-order valence-electron chi connectivity index (χ1n) is 5.81. The van der Waals surface area contributed by atoms with Gasteiger partial charge in [-0.25, -0.2) is 5.01 Å². The normalized spacial score (nSPS) is 12.9. The van der Waals surface area contributed by atoms with Crippen LogP contribution < -0.4 is 11.2 Å². The number of nitrogens with two attached hydrogens (primary N) is 1. The SMILES string of the molecule is Cc1[nH]c2ccccc2c1C(N)C(=O)NN(C)C. The van der Waals surface area contributed by atoms with E-state index >= 15 is 0 Å². The molecule has 5 heteroatoms. The molecule has 18 heavy (non-hydrogen) atoms. The molecule has 1 amide bonds. The van der Waals surface area contributed by atoms with E-state index < -0.39 is 6.04 Å². The third-order valence-electron chi connectivity index (χ3n) is 2.87. The first-order valence-corrected chi connectivity index (χ1v) is 5.81. The van der Waals surface area contributed by atoms with Gasteiger partial charge >= 0.3 is 0 Å². The van der Waals surface area contributed by atoms with E-state index in [1.165, 1.54) is 0 Å². The van der Waals surface area contributed by atoms with Crippen molar-refractivity contribution >= 4 is 16.8 Å². The highest BCUT2D eigenvalue weighted by Gasteiger charge is 2.22. The maximum absolute atomic E-state index is 12.0. The summed E-state index contributed by atoms with van der Waals surface area (Å²) < 4.78 is 0. The number of rotatable bonds is 3. The van der Waals surface area contributed by atoms with Gasteiger partial charge in [0.2, 0.25) is 0 Å². The number of carbonyl (C=O) groups excluding carboxylic acids is 1. The van der Waals surface area contributed by atoms with E-state index in [0.29, 0.717) is 0 Å². The molecular formula is C13H18N4O. The number of nitrogens with zero attached hydrogens (tertiary/aromatic N) is 1. The number of hydrazine groups is 1. The van der Waals surface area contributed by atoms with Gasteiger partial charge in [0.15, 0.2) is 0 Å². The molecule has 96 valence electrons. The minimum atomic E-state index is -0.677. The van der Waals surface area contributed by atoms with E-state index in [1.807, 2.05) is 31.2 Å². The van der Waals surface area contributed by atoms with Gasteiger partial charge in [-0.05, 0) is 13.0 Å². The molecule has 1 aromatic heterocycles. The summed E-state index contributed by atoms with van der Waals surface area (Å²) in [5.41, 5.74) is 11.5. The molecule has 0 aliphatic heterocycles. The average molecular weight is 246 g/mol. The number of nitrogens with one attached hydrogen (secondary N) is 2. The molecule has 1 atom stereocenters. The zero-order chi connectivity index (χ0) is 13.3. The largest absolute Gasteiger partial charge is 0.358 e. The van der Waals surface area contributed by atoms with Crippen molar-refractivity contribution in [2.75, 3.05) is 14.1 Å². The van der Waals surface area contributed by atoms with Crippen LogP contribution in [0.1, 0.15) is 17.3 Å². The molecule has 0 fully saturated rings. The third-order valence-corrected chi connectivity index (χ3v) is 2.87. The van der Waals surface area contributed by atoms with Crippen molar-refractivity contribution in [3.05, 3.63) is 35.5 Å². The number of hydrogen-bond donors (Lipinski definition) is 3. The predicted molar refractivity (Wildman–Crippen MR) is 71.8 cm³/mol. The van der Waals surface area contributed by atoms with Crippen molar-refractivity contribution in [1.82, 2.24) is 15.4 Å². The smallest absolute Gasteiger partial charge is 0.255 e. The number of aryl methyl sites for hydroxylation is 1. The number of carbonyl (C=O) groups is 1. The van der Waals surface area contributed by atoms with E-state index in [0.717, 1.165) is 22.2 Å². The fraction of sp³-hybridized carbons (Fsp3) is 0.308. The monoisotopic (exact) mass is 246 g/mol. The Hall–Kier alpha value is -1.85. The first kappa shape index (κ1) is 12.6. The number of H-pyrrole nitrogens is 1. The van der Waals surface area contributed by atoms with Crippen molar-refractivity contribution in [2.24, 2.45) is 5.73 Å². The van der Waals surface area contributed by atoms with Crippen LogP contribution in [0, 0.1) is 6.92 Å². The van der Waals surface area contributed by atoms with Gasteiger partial charge in [-0.1, -0.05) is 18.2 Å². The summed E-state index contributed by atoms with van der Waals surface area (Å²) in [5, 5.41) is 2.59. The topological polar surface area (TPSA) is 74.1 Å². The molecule has 5 nitrogen and oxygen atoms in total. The van der Waals surface area contributed by atoms with Crippen LogP contribution >= 0.6 is 0 Å². The Balaban J connectivity index is 2.41. The van der Waals surface area contributed by atoms with Gasteiger partial charge in [-0.15, -0.1) is 0 Å². The van der Waals surface area contributed by atoms with Gasteiger partial charge < -0.3 is 10.7 Å². The van der Waals surface area contributed by atoms with E-state index in [1.54, 1.807) is 19.1 Å². The average Bonchev–Trinajstić information content (AvgIpc) is 2.63. The number of amides is 1. The van der Waals surface area contributed by atoms with Gasteiger partial charge in [-0.2, -0.15) is 0 Å². The molecule has 4 N–H and O–H groups in total. The third kappa shape index (κ3) is 2.23. The van der Waals surface area contributed by atoms with Crippen LogP contribution in [-0.4, -0.2) is 30.0 Å². The minimum Gasteiger partial charge on any atom is -0.358 e. The van der Waals surface area contributed by atoms with Crippen LogP contribution in [0.5, 0.6) is 0 Å². The summed E-state index contributed by atoms with van der Waals surface area (Å²) in [6, 6.07) is 7.16. The Morgan fingerprint density at radius 3 is 2.72 bits per heavy atom. The summed E-state index contributed by atoms with van der Waals surface area (Å²) >= 11 is 0. The van der Waals surface area contributed by atoms with Gasteiger partial charge in [-0.3, -0.25) is 10.2 Å². The van der Waals surface area contributed by atoms with Crippen LogP contribution in [0.3, 0.4) is 0 Å². The zero-order valence-corrected chi connectivity index (χ0v) is 10.8. The molecule has 2 rings (SSSR count). The van der Waals surface area contributed by atoms with Crippen molar-refractivity contribution in [3.8, 4) is 0 Å². The summed E-state index contributed by atoms with van der Waals surface area (Å²) in [7, 11) is 3.51. The summed E-state index contributed by atoms with van der Waals surface area (Å²) in [5.74, 6) is -0.215. The van der Waals surface area contributed by atoms with Gasteiger partial charge in [0.1, 0.15) is 6.04 Å². The number of fused-ring (bicyclic) bond motifs is 1. The maximum Gasteiger partial charge on any atom is 0.255 e. The lowest BCUT2D eigenvalue weighted by Crippen LogP contribution is -2.42. The van der Waals surface area contributed by atoms with E-state index in [-0.39, 0.29) is 5.91 Å². The highest BCUT2D eigenvalue weighted by molar-refractivity contribution is 5.92.